The van der Waals surface area contributed by atoms with Gasteiger partial charge in [-0.15, -0.1) is 12.4 Å². The minimum atomic E-state index is 0. The van der Waals surface area contributed by atoms with Crippen molar-refractivity contribution in [3.63, 3.8) is 0 Å². The van der Waals surface area contributed by atoms with Gasteiger partial charge in [0.25, 0.3) is 0 Å². The molecule has 1 N–H and O–H groups in total. The minimum absolute atomic E-state index is 0. The molecule has 20 heavy (non-hydrogen) atoms. The lowest BCUT2D eigenvalue weighted by Gasteiger charge is -2.27. The largest absolute Gasteiger partial charge is 0.493 e. The Hall–Kier alpha value is -1.85. The predicted molar refractivity (Wildman–Crippen MR) is 77.7 cm³/mol. The Morgan fingerprint density at radius 3 is 2.50 bits per heavy atom. The Morgan fingerprint density at radius 2 is 1.85 bits per heavy atom. The Morgan fingerprint density at radius 1 is 1.15 bits per heavy atom. The zero-order chi connectivity index (χ0) is 13.1. The SMILES string of the molecule is COc1ccccc1Oc1nccnc1C1CCN1.Cl. The summed E-state index contributed by atoms with van der Waals surface area (Å²) >= 11 is 0. The van der Waals surface area contributed by atoms with E-state index >= 15 is 0 Å². The summed E-state index contributed by atoms with van der Waals surface area (Å²) < 4.78 is 11.1. The summed E-state index contributed by atoms with van der Waals surface area (Å²) in [7, 11) is 1.62. The molecule has 1 aliphatic heterocycles. The molecule has 0 spiro atoms. The van der Waals surface area contributed by atoms with Crippen LogP contribution >= 0.6 is 12.4 Å². The van der Waals surface area contributed by atoms with Crippen LogP contribution in [0.15, 0.2) is 36.7 Å². The van der Waals surface area contributed by atoms with Crippen molar-refractivity contribution in [2.24, 2.45) is 0 Å². The van der Waals surface area contributed by atoms with Crippen molar-refractivity contribution in [2.45, 2.75) is 12.5 Å². The fourth-order valence-electron chi connectivity index (χ4n) is 1.98. The van der Waals surface area contributed by atoms with Crippen molar-refractivity contribution in [3.8, 4) is 17.4 Å². The van der Waals surface area contributed by atoms with Gasteiger partial charge in [0.2, 0.25) is 5.88 Å². The molecule has 2 heterocycles. The molecule has 0 amide bonds. The van der Waals surface area contributed by atoms with E-state index in [1.807, 2.05) is 24.3 Å². The fourth-order valence-corrected chi connectivity index (χ4v) is 1.98. The second-order valence-corrected chi connectivity index (χ2v) is 4.30. The van der Waals surface area contributed by atoms with Gasteiger partial charge in [-0.25, -0.2) is 4.98 Å². The number of para-hydroxylation sites is 2. The van der Waals surface area contributed by atoms with E-state index in [2.05, 4.69) is 15.3 Å². The van der Waals surface area contributed by atoms with Crippen molar-refractivity contribution >= 4 is 12.4 Å². The lowest BCUT2D eigenvalue weighted by Crippen LogP contribution is -2.35. The van der Waals surface area contributed by atoms with E-state index in [1.54, 1.807) is 19.5 Å². The van der Waals surface area contributed by atoms with E-state index in [0.717, 1.165) is 18.7 Å². The Labute approximate surface area is 123 Å². The molecule has 1 aliphatic rings. The number of nitrogens with one attached hydrogen (secondary N) is 1. The molecule has 5 nitrogen and oxygen atoms in total. The molecule has 1 atom stereocenters. The van der Waals surface area contributed by atoms with Crippen molar-refractivity contribution in [1.29, 1.82) is 0 Å². The highest BCUT2D eigenvalue weighted by molar-refractivity contribution is 5.85. The molecular formula is C14H16ClN3O2. The van der Waals surface area contributed by atoms with E-state index in [0.29, 0.717) is 17.4 Å². The Balaban J connectivity index is 0.00000147. The third kappa shape index (κ3) is 2.84. The molecule has 0 aliphatic carbocycles. The molecular weight excluding hydrogens is 278 g/mol. The molecule has 1 unspecified atom stereocenters. The predicted octanol–water partition coefficient (Wildman–Crippen LogP) is 2.73. The quantitative estimate of drug-likeness (QED) is 0.939. The van der Waals surface area contributed by atoms with Crippen LogP contribution < -0.4 is 14.8 Å². The summed E-state index contributed by atoms with van der Waals surface area (Å²) in [5, 5.41) is 3.30. The smallest absolute Gasteiger partial charge is 0.242 e. The van der Waals surface area contributed by atoms with E-state index in [-0.39, 0.29) is 18.4 Å². The van der Waals surface area contributed by atoms with Crippen molar-refractivity contribution in [1.82, 2.24) is 15.3 Å². The monoisotopic (exact) mass is 293 g/mol. The maximum atomic E-state index is 5.85. The number of halogens is 1. The molecule has 2 aromatic rings. The number of nitrogens with zero attached hydrogens (tertiary/aromatic N) is 2. The van der Waals surface area contributed by atoms with Gasteiger partial charge in [-0.2, -0.15) is 0 Å². The van der Waals surface area contributed by atoms with Crippen molar-refractivity contribution < 1.29 is 9.47 Å². The first-order chi connectivity index (χ1) is 9.38. The van der Waals surface area contributed by atoms with E-state index < -0.39 is 0 Å². The van der Waals surface area contributed by atoms with Gasteiger partial charge >= 0.3 is 0 Å². The van der Waals surface area contributed by atoms with Gasteiger partial charge in [0.1, 0.15) is 5.69 Å². The normalized spacial score (nSPS) is 16.8. The summed E-state index contributed by atoms with van der Waals surface area (Å²) in [6.07, 6.45) is 4.37. The van der Waals surface area contributed by atoms with Crippen LogP contribution in [0.5, 0.6) is 17.4 Å². The Kier molecular flexibility index (Phi) is 4.76. The number of benzene rings is 1. The zero-order valence-corrected chi connectivity index (χ0v) is 11.9. The number of hydrogen-bond donors (Lipinski definition) is 1. The fraction of sp³-hybridized carbons (Fsp3) is 0.286. The number of rotatable bonds is 4. The molecule has 0 saturated carbocycles. The zero-order valence-electron chi connectivity index (χ0n) is 11.1. The summed E-state index contributed by atoms with van der Waals surface area (Å²) in [6, 6.07) is 7.74. The molecule has 1 aromatic carbocycles. The molecule has 6 heteroatoms. The van der Waals surface area contributed by atoms with Crippen LogP contribution in [0.2, 0.25) is 0 Å². The molecule has 1 aromatic heterocycles. The second kappa shape index (κ2) is 6.54. The third-order valence-corrected chi connectivity index (χ3v) is 3.12. The highest BCUT2D eigenvalue weighted by Crippen LogP contribution is 2.34. The Bertz CT molecular complexity index is 576. The van der Waals surface area contributed by atoms with E-state index in [4.69, 9.17) is 9.47 Å². The van der Waals surface area contributed by atoms with Crippen LogP contribution in [0.25, 0.3) is 0 Å². The topological polar surface area (TPSA) is 56.3 Å². The molecule has 106 valence electrons. The average Bonchev–Trinajstić information content (AvgIpc) is 2.40. The number of ether oxygens (including phenoxy) is 2. The van der Waals surface area contributed by atoms with E-state index in [1.165, 1.54) is 0 Å². The average molecular weight is 294 g/mol. The third-order valence-electron chi connectivity index (χ3n) is 3.12. The summed E-state index contributed by atoms with van der Waals surface area (Å²) in [5.41, 5.74) is 0.847. The van der Waals surface area contributed by atoms with Crippen LogP contribution in [-0.4, -0.2) is 23.6 Å². The van der Waals surface area contributed by atoms with Crippen LogP contribution in [-0.2, 0) is 0 Å². The van der Waals surface area contributed by atoms with Gasteiger partial charge in [0, 0.05) is 12.4 Å². The molecule has 0 radical (unpaired) electrons. The molecule has 3 rings (SSSR count). The molecule has 0 bridgehead atoms. The van der Waals surface area contributed by atoms with Crippen LogP contribution in [0.4, 0.5) is 0 Å². The van der Waals surface area contributed by atoms with Crippen LogP contribution in [0.1, 0.15) is 18.2 Å². The van der Waals surface area contributed by atoms with Gasteiger partial charge in [0.05, 0.1) is 13.2 Å². The highest BCUT2D eigenvalue weighted by Gasteiger charge is 2.25. The maximum Gasteiger partial charge on any atom is 0.242 e. The number of hydrogen-bond acceptors (Lipinski definition) is 5. The van der Waals surface area contributed by atoms with E-state index in [9.17, 15) is 0 Å². The lowest BCUT2D eigenvalue weighted by molar-refractivity contribution is 0.341. The summed E-state index contributed by atoms with van der Waals surface area (Å²) in [6.45, 7) is 1.01. The standard InChI is InChI=1S/C14H15N3O2.ClH/c1-18-11-4-2-3-5-12(11)19-14-13(10-6-7-15-10)16-8-9-17-14;/h2-5,8-10,15H,6-7H2,1H3;1H. The summed E-state index contributed by atoms with van der Waals surface area (Å²) in [5.74, 6) is 1.86. The van der Waals surface area contributed by atoms with Crippen molar-refractivity contribution in [2.75, 3.05) is 13.7 Å². The second-order valence-electron chi connectivity index (χ2n) is 4.30. The first kappa shape index (κ1) is 14.6. The number of aromatic nitrogens is 2. The van der Waals surface area contributed by atoms with Gasteiger partial charge in [-0.1, -0.05) is 12.1 Å². The van der Waals surface area contributed by atoms with Gasteiger partial charge < -0.3 is 14.8 Å². The van der Waals surface area contributed by atoms with Gasteiger partial charge in [-0.3, -0.25) is 4.98 Å². The maximum absolute atomic E-state index is 5.85. The van der Waals surface area contributed by atoms with Crippen LogP contribution in [0, 0.1) is 0 Å². The number of methoxy groups -OCH3 is 1. The first-order valence-electron chi connectivity index (χ1n) is 6.23. The molecule has 1 fully saturated rings. The first-order valence-corrected chi connectivity index (χ1v) is 6.23. The van der Waals surface area contributed by atoms with Crippen LogP contribution in [0.3, 0.4) is 0 Å². The lowest BCUT2D eigenvalue weighted by atomic mass is 10.0. The highest BCUT2D eigenvalue weighted by atomic mass is 35.5. The van der Waals surface area contributed by atoms with Crippen molar-refractivity contribution in [3.05, 3.63) is 42.4 Å². The summed E-state index contributed by atoms with van der Waals surface area (Å²) in [4.78, 5) is 8.63. The molecule has 1 saturated heterocycles. The van der Waals surface area contributed by atoms with Gasteiger partial charge in [-0.05, 0) is 25.1 Å². The van der Waals surface area contributed by atoms with Gasteiger partial charge in [0.15, 0.2) is 11.5 Å². The minimum Gasteiger partial charge on any atom is -0.493 e.